The first-order valence-electron chi connectivity index (χ1n) is 21.6. The van der Waals surface area contributed by atoms with Crippen molar-refractivity contribution in [3.8, 4) is 5.75 Å². The minimum absolute atomic E-state index is 0.327. The Kier molecular flexibility index (Phi) is 13.6. The molecule has 1 heterocycles. The van der Waals surface area contributed by atoms with Gasteiger partial charge in [0.1, 0.15) is 30.2 Å². The zero-order valence-corrected chi connectivity index (χ0v) is 39.6. The van der Waals surface area contributed by atoms with Crippen molar-refractivity contribution in [1.29, 1.82) is 0 Å². The van der Waals surface area contributed by atoms with Crippen molar-refractivity contribution in [3.05, 3.63) is 186 Å². The summed E-state index contributed by atoms with van der Waals surface area (Å²) in [7, 11) is -6.40. The molecule has 6 aromatic rings. The third-order valence-corrected chi connectivity index (χ3v) is 22.7. The summed E-state index contributed by atoms with van der Waals surface area (Å²) in [6, 6.07) is 56.6. The largest absolute Gasteiger partial charge is 0.494 e. The fourth-order valence-electron chi connectivity index (χ4n) is 9.38. The molecule has 1 N–H and O–H groups in total. The molecule has 0 spiro atoms. The lowest BCUT2D eigenvalue weighted by molar-refractivity contribution is -0.209. The zero-order valence-electron chi connectivity index (χ0n) is 36.8. The van der Waals surface area contributed by atoms with E-state index in [0.717, 1.165) is 43.2 Å². The molecule has 5 atom stereocenters. The molecule has 1 saturated heterocycles. The molecule has 0 aromatic heterocycles. The van der Waals surface area contributed by atoms with Crippen LogP contribution in [0.2, 0.25) is 15.1 Å². The van der Waals surface area contributed by atoms with Crippen LogP contribution in [0.15, 0.2) is 164 Å². The maximum atomic E-state index is 13.4. The molecule has 318 valence electrons. The smallest absolute Gasteiger partial charge is 0.261 e. The van der Waals surface area contributed by atoms with Crippen LogP contribution in [0.25, 0.3) is 0 Å². The summed E-state index contributed by atoms with van der Waals surface area (Å²) >= 11 is 6.99. The van der Waals surface area contributed by atoms with Gasteiger partial charge in [0.2, 0.25) is 0 Å². The highest BCUT2D eigenvalue weighted by Crippen LogP contribution is 2.46. The molecule has 5 nitrogen and oxygen atoms in total. The van der Waals surface area contributed by atoms with Crippen molar-refractivity contribution < 1.29 is 23.4 Å². The van der Waals surface area contributed by atoms with Crippen molar-refractivity contribution in [1.82, 2.24) is 0 Å². The number of aliphatic hydroxyl groups excluding tert-OH is 1. The van der Waals surface area contributed by atoms with Crippen LogP contribution in [-0.2, 0) is 20.0 Å². The molecule has 0 aliphatic carbocycles. The SMILES string of the molecule is CCOc1ccc(Cc2cc(C3OC(C)C(O[Si](c4ccccc4)(c4ccccc4)C(C)(C)C)C(O)C3O[Si](c3ccccc3)(c3ccccc3)C(C)(C)C)ccc2Cl)cc1. The van der Waals surface area contributed by atoms with E-state index in [-0.39, 0.29) is 10.1 Å². The predicted molar refractivity (Wildman–Crippen MR) is 256 cm³/mol. The van der Waals surface area contributed by atoms with Crippen LogP contribution in [-0.4, -0.2) is 52.8 Å². The van der Waals surface area contributed by atoms with E-state index in [1.54, 1.807) is 0 Å². The predicted octanol–water partition coefficient (Wildman–Crippen LogP) is 10.0. The van der Waals surface area contributed by atoms with Gasteiger partial charge in [-0.3, -0.25) is 0 Å². The van der Waals surface area contributed by atoms with E-state index in [9.17, 15) is 5.11 Å². The number of halogens is 1. The second kappa shape index (κ2) is 18.6. The summed E-state index contributed by atoms with van der Waals surface area (Å²) < 4.78 is 28.8. The van der Waals surface area contributed by atoms with Crippen LogP contribution in [0, 0.1) is 0 Å². The topological polar surface area (TPSA) is 57.2 Å². The fourth-order valence-corrected chi connectivity index (χ4v) is 19.0. The van der Waals surface area contributed by atoms with E-state index >= 15 is 0 Å². The maximum Gasteiger partial charge on any atom is 0.261 e. The molecule has 7 rings (SSSR count). The Bertz CT molecular complexity index is 2230. The Morgan fingerprint density at radius 2 is 1.02 bits per heavy atom. The number of rotatable bonds is 13. The van der Waals surface area contributed by atoms with Gasteiger partial charge in [0.05, 0.1) is 12.7 Å². The first-order chi connectivity index (χ1) is 29.2. The van der Waals surface area contributed by atoms with E-state index in [2.05, 4.69) is 157 Å². The van der Waals surface area contributed by atoms with E-state index in [1.165, 1.54) is 0 Å². The average Bonchev–Trinajstić information content (AvgIpc) is 3.25. The lowest BCUT2D eigenvalue weighted by Crippen LogP contribution is -2.73. The minimum Gasteiger partial charge on any atom is -0.494 e. The highest BCUT2D eigenvalue weighted by atomic mass is 35.5. The zero-order chi connectivity index (χ0) is 43.4. The average molecular weight is 870 g/mol. The van der Waals surface area contributed by atoms with Crippen LogP contribution in [0.3, 0.4) is 0 Å². The summed E-state index contributed by atoms with van der Waals surface area (Å²) in [6.07, 6.45) is -3.19. The van der Waals surface area contributed by atoms with Crippen LogP contribution in [0.4, 0.5) is 0 Å². The van der Waals surface area contributed by atoms with E-state index in [4.69, 9.17) is 29.9 Å². The molecule has 5 unspecified atom stereocenters. The molecule has 0 amide bonds. The van der Waals surface area contributed by atoms with Crippen LogP contribution >= 0.6 is 11.6 Å². The van der Waals surface area contributed by atoms with E-state index < -0.39 is 47.2 Å². The van der Waals surface area contributed by atoms with E-state index in [0.29, 0.717) is 18.1 Å². The number of ether oxygens (including phenoxy) is 2. The minimum atomic E-state index is -3.25. The molecule has 0 saturated carbocycles. The number of benzene rings is 6. The van der Waals surface area contributed by atoms with Crippen LogP contribution < -0.4 is 25.5 Å². The highest BCUT2D eigenvalue weighted by Gasteiger charge is 2.59. The second-order valence-corrected chi connectivity index (χ2v) is 27.3. The Morgan fingerprint density at radius 1 is 0.590 bits per heavy atom. The van der Waals surface area contributed by atoms with Crippen molar-refractivity contribution >= 4 is 49.0 Å². The summed E-state index contributed by atoms with van der Waals surface area (Å²) in [6.45, 7) is 18.2. The molecular weight excluding hydrogens is 808 g/mol. The lowest BCUT2D eigenvalue weighted by Gasteiger charge is -2.53. The molecule has 8 heteroatoms. The fraction of sp³-hybridized carbons (Fsp3) is 0.321. The Hall–Kier alpha value is -4.32. The highest BCUT2D eigenvalue weighted by molar-refractivity contribution is 7.00. The molecule has 1 aliphatic heterocycles. The van der Waals surface area contributed by atoms with Crippen molar-refractivity contribution in [3.63, 3.8) is 0 Å². The van der Waals surface area contributed by atoms with Crippen molar-refractivity contribution in [2.24, 2.45) is 0 Å². The molecule has 6 aromatic carbocycles. The van der Waals surface area contributed by atoms with Crippen LogP contribution in [0.5, 0.6) is 5.75 Å². The van der Waals surface area contributed by atoms with Gasteiger partial charge in [-0.15, -0.1) is 0 Å². The van der Waals surface area contributed by atoms with Gasteiger partial charge in [-0.2, -0.15) is 0 Å². The molecule has 0 radical (unpaired) electrons. The van der Waals surface area contributed by atoms with Gasteiger partial charge in [0.15, 0.2) is 0 Å². The van der Waals surface area contributed by atoms with Gasteiger partial charge < -0.3 is 23.4 Å². The third-order valence-electron chi connectivity index (χ3n) is 12.3. The first kappa shape index (κ1) is 44.7. The number of hydrogen-bond donors (Lipinski definition) is 1. The van der Waals surface area contributed by atoms with Crippen LogP contribution in [0.1, 0.15) is 78.2 Å². The normalized spacial score (nSPS) is 20.0. The van der Waals surface area contributed by atoms with Gasteiger partial charge >= 0.3 is 0 Å². The van der Waals surface area contributed by atoms with E-state index in [1.807, 2.05) is 62.4 Å². The molecule has 1 aliphatic rings. The molecule has 61 heavy (non-hydrogen) atoms. The monoisotopic (exact) mass is 868 g/mol. The summed E-state index contributed by atoms with van der Waals surface area (Å²) in [5.41, 5.74) is 2.96. The summed E-state index contributed by atoms with van der Waals surface area (Å²) in [5, 5.41) is 17.9. The summed E-state index contributed by atoms with van der Waals surface area (Å²) in [5.74, 6) is 0.836. The molecule has 0 bridgehead atoms. The quantitative estimate of drug-likeness (QED) is 0.117. The third kappa shape index (κ3) is 8.98. The number of aliphatic hydroxyl groups is 1. The number of hydrogen-bond acceptors (Lipinski definition) is 5. The van der Waals surface area contributed by atoms with Gasteiger partial charge in [-0.25, -0.2) is 0 Å². The Morgan fingerprint density at radius 3 is 1.43 bits per heavy atom. The van der Waals surface area contributed by atoms with Gasteiger partial charge in [0, 0.05) is 5.02 Å². The Balaban J connectivity index is 1.40. The second-order valence-electron chi connectivity index (χ2n) is 18.3. The maximum absolute atomic E-state index is 13.4. The summed E-state index contributed by atoms with van der Waals surface area (Å²) in [4.78, 5) is 0. The van der Waals surface area contributed by atoms with Crippen molar-refractivity contribution in [2.75, 3.05) is 6.61 Å². The molecule has 1 fully saturated rings. The van der Waals surface area contributed by atoms with Gasteiger partial charge in [0.25, 0.3) is 16.6 Å². The lowest BCUT2D eigenvalue weighted by atomic mass is 9.90. The first-order valence-corrected chi connectivity index (χ1v) is 25.8. The Labute approximate surface area is 370 Å². The van der Waals surface area contributed by atoms with Gasteiger partial charge in [-0.05, 0) is 86.0 Å². The molecular formula is C53H61ClO5Si2. The standard InChI is InChI=1S/C53H61ClO5Si2/c1-9-56-42-33-30-39(31-34-42)36-41-37-40(32-35-47(41)54)50-51(59-61(53(6,7)8,45-26-18-12-19-27-45)46-28-20-13-21-29-46)48(55)49(38(2)57-50)58-60(52(3,4)5,43-22-14-10-15-23-43)44-24-16-11-17-25-44/h10-35,37-38,48-51,55H,9,36H2,1-8H3. The van der Waals surface area contributed by atoms with Crippen molar-refractivity contribution in [2.45, 2.75) is 102 Å². The van der Waals surface area contributed by atoms with Gasteiger partial charge in [-0.1, -0.05) is 199 Å².